The van der Waals surface area contributed by atoms with E-state index in [1.54, 1.807) is 36.4 Å². The summed E-state index contributed by atoms with van der Waals surface area (Å²) in [6, 6.07) is 16.6. The lowest BCUT2D eigenvalue weighted by Crippen LogP contribution is -2.54. The molecule has 0 unspecified atom stereocenters. The highest BCUT2D eigenvalue weighted by atomic mass is 35.5. The maximum absolute atomic E-state index is 13.3. The molecule has 0 aromatic heterocycles. The number of hydrogen-bond acceptors (Lipinski definition) is 5. The number of anilines is 1. The van der Waals surface area contributed by atoms with E-state index < -0.39 is 17.8 Å². The van der Waals surface area contributed by atoms with Crippen molar-refractivity contribution >= 4 is 52.8 Å². The number of hydrogen-bond donors (Lipinski definition) is 1. The van der Waals surface area contributed by atoms with Crippen molar-refractivity contribution in [2.45, 2.75) is 20.0 Å². The van der Waals surface area contributed by atoms with Crippen molar-refractivity contribution in [3.63, 3.8) is 0 Å². The molecule has 36 heavy (non-hydrogen) atoms. The molecule has 4 amide bonds. The van der Waals surface area contributed by atoms with Crippen LogP contribution >= 0.6 is 23.2 Å². The van der Waals surface area contributed by atoms with Gasteiger partial charge in [-0.2, -0.15) is 0 Å². The third-order valence-electron chi connectivity index (χ3n) is 5.57. The summed E-state index contributed by atoms with van der Waals surface area (Å²) < 4.78 is 11.3. The molecular weight excluding hydrogens is 503 g/mol. The fraction of sp³-hybridized carbons (Fsp3) is 0.148. The van der Waals surface area contributed by atoms with Crippen LogP contribution in [-0.2, 0) is 22.6 Å². The third kappa shape index (κ3) is 5.22. The van der Waals surface area contributed by atoms with Gasteiger partial charge in [0.15, 0.2) is 11.5 Å². The minimum Gasteiger partial charge on any atom is -0.493 e. The van der Waals surface area contributed by atoms with E-state index in [1.807, 2.05) is 31.2 Å². The number of carbonyl (C=O) groups excluding carboxylic acids is 3. The van der Waals surface area contributed by atoms with E-state index in [9.17, 15) is 14.4 Å². The molecule has 0 radical (unpaired) electrons. The molecule has 1 fully saturated rings. The number of barbiturate groups is 1. The topological polar surface area (TPSA) is 84.9 Å². The molecule has 1 aliphatic rings. The van der Waals surface area contributed by atoms with E-state index in [0.29, 0.717) is 34.2 Å². The van der Waals surface area contributed by atoms with Gasteiger partial charge < -0.3 is 9.47 Å². The molecule has 0 spiro atoms. The molecule has 9 heteroatoms. The second-order valence-electron chi connectivity index (χ2n) is 7.89. The van der Waals surface area contributed by atoms with Gasteiger partial charge in [-0.15, -0.1) is 0 Å². The van der Waals surface area contributed by atoms with Gasteiger partial charge >= 0.3 is 6.03 Å². The highest BCUT2D eigenvalue weighted by Crippen LogP contribution is 2.38. The van der Waals surface area contributed by atoms with E-state index in [2.05, 4.69) is 5.32 Å². The van der Waals surface area contributed by atoms with Crippen LogP contribution in [-0.4, -0.2) is 25.0 Å². The molecule has 4 rings (SSSR count). The molecule has 3 aromatic rings. The monoisotopic (exact) mass is 524 g/mol. The molecule has 184 valence electrons. The Balaban J connectivity index is 1.65. The molecule has 0 atom stereocenters. The largest absolute Gasteiger partial charge is 0.493 e. The lowest BCUT2D eigenvalue weighted by atomic mass is 10.0. The molecular formula is C27H22Cl2N2O5. The van der Waals surface area contributed by atoms with Gasteiger partial charge in [-0.25, -0.2) is 9.69 Å². The van der Waals surface area contributed by atoms with Gasteiger partial charge in [0, 0.05) is 5.02 Å². The van der Waals surface area contributed by atoms with Gasteiger partial charge in [-0.1, -0.05) is 60.5 Å². The second-order valence-corrected chi connectivity index (χ2v) is 8.73. The van der Waals surface area contributed by atoms with Crippen LogP contribution in [0.25, 0.3) is 6.08 Å². The zero-order valence-corrected chi connectivity index (χ0v) is 21.0. The van der Waals surface area contributed by atoms with Crippen molar-refractivity contribution in [1.82, 2.24) is 5.32 Å². The minimum absolute atomic E-state index is 0.214. The number of imide groups is 2. The number of aryl methyl sites for hydroxylation is 1. The normalized spacial score (nSPS) is 14.7. The summed E-state index contributed by atoms with van der Waals surface area (Å²) in [7, 11) is 1.46. The highest BCUT2D eigenvalue weighted by molar-refractivity contribution is 6.39. The number of nitrogens with zero attached hydrogens (tertiary/aromatic N) is 1. The number of nitrogens with one attached hydrogen (secondary N) is 1. The third-order valence-corrected chi connectivity index (χ3v) is 6.11. The van der Waals surface area contributed by atoms with Crippen LogP contribution < -0.4 is 19.7 Å². The first-order chi connectivity index (χ1) is 17.3. The van der Waals surface area contributed by atoms with Gasteiger partial charge in [0.25, 0.3) is 11.8 Å². The average Bonchev–Trinajstić information content (AvgIpc) is 2.86. The molecule has 1 saturated heterocycles. The Morgan fingerprint density at radius 3 is 2.42 bits per heavy atom. The number of methoxy groups -OCH3 is 1. The smallest absolute Gasteiger partial charge is 0.335 e. The standard InChI is InChI=1S/C27H22Cl2N2O5/c1-3-18-6-4-5-7-22(18)31-26(33)20(25(32)30-27(31)34)12-17-13-21(29)24(23(14-17)35-2)36-15-16-8-10-19(28)11-9-16/h4-14H,3,15H2,1-2H3,(H,30,32,34)/b20-12-. The molecule has 1 aliphatic heterocycles. The average molecular weight is 525 g/mol. The van der Waals surface area contributed by atoms with E-state index in [4.69, 9.17) is 32.7 Å². The zero-order valence-electron chi connectivity index (χ0n) is 19.5. The van der Waals surface area contributed by atoms with Crippen LogP contribution in [0.15, 0.2) is 66.2 Å². The molecule has 0 saturated carbocycles. The van der Waals surface area contributed by atoms with Gasteiger partial charge in [-0.3, -0.25) is 14.9 Å². The SMILES string of the molecule is CCc1ccccc1N1C(=O)NC(=O)/C(=C/c2cc(Cl)c(OCc3ccc(Cl)cc3)c(OC)c2)C1=O. The lowest BCUT2D eigenvalue weighted by molar-refractivity contribution is -0.122. The van der Waals surface area contributed by atoms with Gasteiger partial charge in [0.1, 0.15) is 12.2 Å². The summed E-state index contributed by atoms with van der Waals surface area (Å²) in [5.74, 6) is -0.906. The van der Waals surface area contributed by atoms with Crippen molar-refractivity contribution in [2.24, 2.45) is 0 Å². The van der Waals surface area contributed by atoms with E-state index in [1.165, 1.54) is 13.2 Å². The lowest BCUT2D eigenvalue weighted by Gasteiger charge is -2.28. The summed E-state index contributed by atoms with van der Waals surface area (Å²) >= 11 is 12.4. The van der Waals surface area contributed by atoms with E-state index in [-0.39, 0.29) is 17.2 Å². The van der Waals surface area contributed by atoms with Crippen LogP contribution in [0.4, 0.5) is 10.5 Å². The van der Waals surface area contributed by atoms with Crippen LogP contribution in [0.1, 0.15) is 23.6 Å². The molecule has 0 bridgehead atoms. The first kappa shape index (κ1) is 25.3. The summed E-state index contributed by atoms with van der Waals surface area (Å²) in [5.41, 5.74) is 2.30. The van der Waals surface area contributed by atoms with Crippen LogP contribution in [0.3, 0.4) is 0 Å². The Hall–Kier alpha value is -3.81. The van der Waals surface area contributed by atoms with Crippen LogP contribution in [0.5, 0.6) is 11.5 Å². The zero-order chi connectivity index (χ0) is 25.8. The molecule has 1 N–H and O–H groups in total. The fourth-order valence-corrected chi connectivity index (χ4v) is 4.17. The van der Waals surface area contributed by atoms with Crippen molar-refractivity contribution < 1.29 is 23.9 Å². The predicted octanol–water partition coefficient (Wildman–Crippen LogP) is 5.81. The molecule has 3 aromatic carbocycles. The number of amides is 4. The van der Waals surface area contributed by atoms with Crippen molar-refractivity contribution in [3.05, 3.63) is 93.0 Å². The van der Waals surface area contributed by atoms with Crippen LogP contribution in [0.2, 0.25) is 10.0 Å². The Labute approximate surface area is 218 Å². The summed E-state index contributed by atoms with van der Waals surface area (Å²) in [6.07, 6.45) is 1.97. The molecule has 0 aliphatic carbocycles. The summed E-state index contributed by atoms with van der Waals surface area (Å²) in [6.45, 7) is 2.14. The van der Waals surface area contributed by atoms with E-state index in [0.717, 1.165) is 16.0 Å². The molecule has 7 nitrogen and oxygen atoms in total. The number of ether oxygens (including phenoxy) is 2. The number of para-hydroxylation sites is 1. The first-order valence-electron chi connectivity index (χ1n) is 11.1. The summed E-state index contributed by atoms with van der Waals surface area (Å²) in [5, 5.41) is 3.08. The fourth-order valence-electron chi connectivity index (χ4n) is 3.77. The van der Waals surface area contributed by atoms with Crippen molar-refractivity contribution in [1.29, 1.82) is 0 Å². The Bertz CT molecular complexity index is 1370. The van der Waals surface area contributed by atoms with Crippen molar-refractivity contribution in [3.8, 4) is 11.5 Å². The quantitative estimate of drug-likeness (QED) is 0.311. The van der Waals surface area contributed by atoms with Gasteiger partial charge in [0.05, 0.1) is 17.8 Å². The number of urea groups is 1. The Morgan fingerprint density at radius 2 is 1.72 bits per heavy atom. The minimum atomic E-state index is -0.801. The Kier molecular flexibility index (Phi) is 7.62. The number of halogens is 2. The highest BCUT2D eigenvalue weighted by Gasteiger charge is 2.37. The summed E-state index contributed by atoms with van der Waals surface area (Å²) in [4.78, 5) is 39.4. The number of rotatable bonds is 7. The predicted molar refractivity (Wildman–Crippen MR) is 139 cm³/mol. The van der Waals surface area contributed by atoms with Gasteiger partial charge in [-0.05, 0) is 59.5 Å². The van der Waals surface area contributed by atoms with Gasteiger partial charge in [0.2, 0.25) is 0 Å². The number of benzene rings is 3. The second kappa shape index (κ2) is 10.8. The van der Waals surface area contributed by atoms with E-state index >= 15 is 0 Å². The van der Waals surface area contributed by atoms with Crippen molar-refractivity contribution in [2.75, 3.05) is 12.0 Å². The van der Waals surface area contributed by atoms with Crippen LogP contribution in [0, 0.1) is 0 Å². The molecule has 1 heterocycles. The first-order valence-corrected chi connectivity index (χ1v) is 11.8. The Morgan fingerprint density at radius 1 is 1.00 bits per heavy atom. The maximum Gasteiger partial charge on any atom is 0.335 e. The number of carbonyl (C=O) groups is 3. The maximum atomic E-state index is 13.3.